The van der Waals surface area contributed by atoms with Crippen LogP contribution in [0, 0.1) is 6.07 Å². The summed E-state index contributed by atoms with van der Waals surface area (Å²) < 4.78 is 12.2. The lowest BCUT2D eigenvalue weighted by atomic mass is 10.0. The van der Waals surface area contributed by atoms with Gasteiger partial charge >= 0.3 is 0 Å². The Bertz CT molecular complexity index is 844. The molecule has 4 rings (SSSR count). The van der Waals surface area contributed by atoms with Gasteiger partial charge in [0.25, 0.3) is 0 Å². The van der Waals surface area contributed by atoms with E-state index in [2.05, 4.69) is 49.4 Å². The molecule has 3 heterocycles. The summed E-state index contributed by atoms with van der Waals surface area (Å²) in [7, 11) is 0. The maximum atomic E-state index is 6.12. The van der Waals surface area contributed by atoms with Gasteiger partial charge in [0, 0.05) is 21.1 Å². The molecule has 0 aliphatic carbocycles. The second-order valence-electron chi connectivity index (χ2n) is 6.88. The molecule has 0 saturated carbocycles. The molecule has 0 atom stereocenters. The minimum Gasteiger partial charge on any atom is -0.343 e. The average molecular weight is 398 g/mol. The molecule has 1 aliphatic heterocycles. The highest BCUT2D eigenvalue weighted by atomic mass is 32.1. The Balaban J connectivity index is 1.53. The zero-order valence-corrected chi connectivity index (χ0v) is 17.3. The number of thiophene rings is 2. The minimum absolute atomic E-state index is 0.522. The molecule has 2 nitrogen and oxygen atoms in total. The Morgan fingerprint density at radius 1 is 0.852 bits per heavy atom. The van der Waals surface area contributed by atoms with Crippen molar-refractivity contribution in [3.05, 3.63) is 59.5 Å². The highest BCUT2D eigenvalue weighted by molar-refractivity contribution is 7.23. The van der Waals surface area contributed by atoms with Gasteiger partial charge in [-0.25, -0.2) is 0 Å². The number of benzene rings is 1. The molecule has 0 amide bonds. The van der Waals surface area contributed by atoms with Crippen molar-refractivity contribution in [2.24, 2.45) is 0 Å². The second kappa shape index (κ2) is 8.70. The van der Waals surface area contributed by atoms with Crippen molar-refractivity contribution in [3.8, 4) is 20.2 Å². The Morgan fingerprint density at radius 3 is 2.33 bits per heavy atom. The fourth-order valence-electron chi connectivity index (χ4n) is 3.50. The van der Waals surface area contributed by atoms with E-state index in [0.29, 0.717) is 13.2 Å². The van der Waals surface area contributed by atoms with Crippen LogP contribution in [0.3, 0.4) is 0 Å². The zero-order valence-electron chi connectivity index (χ0n) is 15.7. The first-order valence-corrected chi connectivity index (χ1v) is 11.4. The molecule has 0 spiro atoms. The van der Waals surface area contributed by atoms with Gasteiger partial charge in [-0.15, -0.1) is 22.7 Å². The number of hydrogen-bond acceptors (Lipinski definition) is 4. The molecule has 3 aromatic rings. The lowest BCUT2D eigenvalue weighted by molar-refractivity contribution is -0.169. The van der Waals surface area contributed by atoms with Crippen molar-refractivity contribution in [3.63, 3.8) is 0 Å². The van der Waals surface area contributed by atoms with Crippen LogP contribution in [0.5, 0.6) is 0 Å². The fraction of sp³-hybridized carbons (Fsp3) is 0.391. The molecule has 27 heavy (non-hydrogen) atoms. The summed E-state index contributed by atoms with van der Waals surface area (Å²) in [5.74, 6) is -0.522. The SMILES string of the molecule is CCCCCCC1(c2ccc(-c3ccc(-c4cc[c]cc4)s3)s2)OCCO1. The van der Waals surface area contributed by atoms with Crippen molar-refractivity contribution < 1.29 is 9.47 Å². The second-order valence-corrected chi connectivity index (χ2v) is 9.04. The third-order valence-corrected chi connectivity index (χ3v) is 7.49. The Kier molecular flexibility index (Phi) is 6.08. The third-order valence-electron chi connectivity index (χ3n) is 4.95. The Morgan fingerprint density at radius 2 is 1.56 bits per heavy atom. The van der Waals surface area contributed by atoms with E-state index < -0.39 is 5.79 Å². The molecule has 1 aliphatic rings. The van der Waals surface area contributed by atoms with Gasteiger partial charge in [0.1, 0.15) is 0 Å². The van der Waals surface area contributed by atoms with Gasteiger partial charge < -0.3 is 9.47 Å². The van der Waals surface area contributed by atoms with Gasteiger partial charge in [-0.2, -0.15) is 0 Å². The maximum absolute atomic E-state index is 6.12. The van der Waals surface area contributed by atoms with Crippen molar-refractivity contribution in [1.82, 2.24) is 0 Å². The predicted octanol–water partition coefficient (Wildman–Crippen LogP) is 7.11. The molecule has 141 valence electrons. The van der Waals surface area contributed by atoms with Crippen LogP contribution in [0.2, 0.25) is 0 Å². The van der Waals surface area contributed by atoms with Crippen molar-refractivity contribution in [1.29, 1.82) is 0 Å². The topological polar surface area (TPSA) is 18.5 Å². The van der Waals surface area contributed by atoms with Crippen molar-refractivity contribution in [2.45, 2.75) is 44.8 Å². The van der Waals surface area contributed by atoms with Crippen molar-refractivity contribution in [2.75, 3.05) is 13.2 Å². The lowest BCUT2D eigenvalue weighted by Crippen LogP contribution is -2.25. The number of ether oxygens (including phenoxy) is 2. The quantitative estimate of drug-likeness (QED) is 0.377. The molecule has 0 N–H and O–H groups in total. The number of rotatable bonds is 8. The van der Waals surface area contributed by atoms with Crippen LogP contribution < -0.4 is 0 Å². The van der Waals surface area contributed by atoms with Crippen molar-refractivity contribution >= 4 is 22.7 Å². The van der Waals surface area contributed by atoms with E-state index >= 15 is 0 Å². The van der Waals surface area contributed by atoms with Gasteiger partial charge in [-0.3, -0.25) is 0 Å². The average Bonchev–Trinajstić information content (AvgIpc) is 3.46. The molecule has 2 aromatic heterocycles. The number of unbranched alkanes of at least 4 members (excludes halogenated alkanes) is 3. The largest absolute Gasteiger partial charge is 0.343 e. The zero-order chi connectivity index (χ0) is 18.5. The lowest BCUT2D eigenvalue weighted by Gasteiger charge is -2.26. The summed E-state index contributed by atoms with van der Waals surface area (Å²) in [5, 5.41) is 0. The molecule has 0 bridgehead atoms. The van der Waals surface area contributed by atoms with E-state index in [0.717, 1.165) is 12.8 Å². The smallest absolute Gasteiger partial charge is 0.204 e. The molecule has 1 radical (unpaired) electrons. The summed E-state index contributed by atoms with van der Waals surface area (Å²) in [6.07, 6.45) is 5.86. The Hall–Kier alpha value is -1.46. The van der Waals surface area contributed by atoms with E-state index in [-0.39, 0.29) is 0 Å². The van der Waals surface area contributed by atoms with Gasteiger partial charge in [-0.1, -0.05) is 50.5 Å². The standard InChI is InChI=1S/C23H25O2S2/c1-2-3-4-8-15-23(24-16-17-25-23)22-14-13-21(27-22)20-12-11-19(26-20)18-9-6-5-7-10-18/h6-7,9-14H,2-4,8,15-17H2,1H3. The molecular formula is C23H25O2S2. The Labute approximate surface area is 169 Å². The molecule has 1 saturated heterocycles. The van der Waals surface area contributed by atoms with E-state index in [4.69, 9.17) is 9.47 Å². The fourth-order valence-corrected chi connectivity index (χ4v) is 5.74. The van der Waals surface area contributed by atoms with Crippen LogP contribution in [0.4, 0.5) is 0 Å². The van der Waals surface area contributed by atoms with E-state index in [1.54, 1.807) is 0 Å². The van der Waals surface area contributed by atoms with Crippen LogP contribution in [-0.4, -0.2) is 13.2 Å². The highest BCUT2D eigenvalue weighted by Crippen LogP contribution is 2.44. The van der Waals surface area contributed by atoms with Crippen LogP contribution in [0.1, 0.15) is 43.9 Å². The number of hydrogen-bond donors (Lipinski definition) is 0. The third kappa shape index (κ3) is 4.19. The summed E-state index contributed by atoms with van der Waals surface area (Å²) >= 11 is 3.64. The van der Waals surface area contributed by atoms with Crippen LogP contribution in [0.15, 0.2) is 48.5 Å². The van der Waals surface area contributed by atoms with Gasteiger partial charge in [0.2, 0.25) is 5.79 Å². The van der Waals surface area contributed by atoms with E-state index in [9.17, 15) is 0 Å². The van der Waals surface area contributed by atoms with E-state index in [1.807, 2.05) is 34.8 Å². The first-order valence-electron chi connectivity index (χ1n) is 9.76. The summed E-state index contributed by atoms with van der Waals surface area (Å²) in [4.78, 5) is 5.08. The first kappa shape index (κ1) is 18.9. The first-order chi connectivity index (χ1) is 13.3. The van der Waals surface area contributed by atoms with Crippen LogP contribution in [0.25, 0.3) is 20.2 Å². The van der Waals surface area contributed by atoms with E-state index in [1.165, 1.54) is 44.3 Å². The summed E-state index contributed by atoms with van der Waals surface area (Å²) in [5.41, 5.74) is 1.25. The van der Waals surface area contributed by atoms with Gasteiger partial charge in [0.15, 0.2) is 0 Å². The van der Waals surface area contributed by atoms with Gasteiger partial charge in [-0.05, 0) is 42.3 Å². The minimum atomic E-state index is -0.522. The van der Waals surface area contributed by atoms with Crippen LogP contribution in [-0.2, 0) is 15.3 Å². The van der Waals surface area contributed by atoms with Crippen LogP contribution >= 0.6 is 22.7 Å². The van der Waals surface area contributed by atoms with Gasteiger partial charge in [0.05, 0.1) is 18.1 Å². The summed E-state index contributed by atoms with van der Waals surface area (Å²) in [6.45, 7) is 3.62. The molecule has 4 heteroatoms. The monoisotopic (exact) mass is 397 g/mol. The molecule has 1 aromatic carbocycles. The summed E-state index contributed by atoms with van der Waals surface area (Å²) in [6, 6.07) is 20.1. The molecular weight excluding hydrogens is 372 g/mol. The molecule has 0 unspecified atom stereocenters. The predicted molar refractivity (Wildman–Crippen MR) is 114 cm³/mol. The maximum Gasteiger partial charge on any atom is 0.204 e. The normalized spacial score (nSPS) is 16.0. The highest BCUT2D eigenvalue weighted by Gasteiger charge is 2.39. The molecule has 1 fully saturated rings.